The second-order valence-corrected chi connectivity index (χ2v) is 5.35. The Morgan fingerprint density at radius 3 is 2.94 bits per heavy atom. The third-order valence-corrected chi connectivity index (χ3v) is 3.80. The van der Waals surface area contributed by atoms with E-state index in [9.17, 15) is 4.79 Å². The SMILES string of the molecule is COc1csc(C(=O)NCCCCCI)c1. The van der Waals surface area contributed by atoms with Crippen LogP contribution in [0.2, 0.25) is 0 Å². The summed E-state index contributed by atoms with van der Waals surface area (Å²) in [5.41, 5.74) is 0. The maximum absolute atomic E-state index is 11.6. The third kappa shape index (κ3) is 4.69. The van der Waals surface area contributed by atoms with Gasteiger partial charge in [0.1, 0.15) is 5.75 Å². The molecule has 0 bridgehead atoms. The molecule has 1 aromatic heterocycles. The van der Waals surface area contributed by atoms with Gasteiger partial charge in [0.2, 0.25) is 0 Å². The summed E-state index contributed by atoms with van der Waals surface area (Å²) in [6, 6.07) is 1.77. The lowest BCUT2D eigenvalue weighted by atomic mass is 10.2. The second-order valence-electron chi connectivity index (χ2n) is 3.36. The van der Waals surface area contributed by atoms with E-state index in [0.717, 1.165) is 18.7 Å². The fraction of sp³-hybridized carbons (Fsp3) is 0.545. The van der Waals surface area contributed by atoms with E-state index in [1.807, 2.05) is 5.38 Å². The van der Waals surface area contributed by atoms with Gasteiger partial charge < -0.3 is 10.1 Å². The molecule has 16 heavy (non-hydrogen) atoms. The molecule has 0 radical (unpaired) electrons. The van der Waals surface area contributed by atoms with Gasteiger partial charge in [-0.2, -0.15) is 0 Å². The van der Waals surface area contributed by atoms with Crippen molar-refractivity contribution in [1.29, 1.82) is 0 Å². The minimum Gasteiger partial charge on any atom is -0.496 e. The number of methoxy groups -OCH3 is 1. The third-order valence-electron chi connectivity index (χ3n) is 2.13. The van der Waals surface area contributed by atoms with Crippen molar-refractivity contribution in [3.8, 4) is 5.75 Å². The van der Waals surface area contributed by atoms with Crippen LogP contribution >= 0.6 is 33.9 Å². The van der Waals surface area contributed by atoms with Crippen LogP contribution in [0.3, 0.4) is 0 Å². The number of hydrogen-bond donors (Lipinski definition) is 1. The van der Waals surface area contributed by atoms with Crippen LogP contribution in [-0.4, -0.2) is 24.0 Å². The number of carbonyl (C=O) groups excluding carboxylic acids is 1. The zero-order valence-corrected chi connectivity index (χ0v) is 12.3. The van der Waals surface area contributed by atoms with Crippen molar-refractivity contribution in [3.05, 3.63) is 16.3 Å². The van der Waals surface area contributed by atoms with Gasteiger partial charge in [-0.15, -0.1) is 11.3 Å². The molecule has 0 atom stereocenters. The van der Waals surface area contributed by atoms with E-state index in [1.54, 1.807) is 13.2 Å². The average molecular weight is 353 g/mol. The summed E-state index contributed by atoms with van der Waals surface area (Å²) in [4.78, 5) is 12.4. The number of carbonyl (C=O) groups is 1. The molecular weight excluding hydrogens is 337 g/mol. The highest BCUT2D eigenvalue weighted by atomic mass is 127. The topological polar surface area (TPSA) is 38.3 Å². The van der Waals surface area contributed by atoms with Crippen LogP contribution in [0.1, 0.15) is 28.9 Å². The number of nitrogens with one attached hydrogen (secondary N) is 1. The highest BCUT2D eigenvalue weighted by Crippen LogP contribution is 2.20. The first-order chi connectivity index (χ1) is 7.77. The van der Waals surface area contributed by atoms with Gasteiger partial charge in [0.05, 0.1) is 12.0 Å². The summed E-state index contributed by atoms with van der Waals surface area (Å²) in [5.74, 6) is 0.753. The number of rotatable bonds is 7. The lowest BCUT2D eigenvalue weighted by Gasteiger charge is -2.02. The molecule has 1 heterocycles. The van der Waals surface area contributed by atoms with Gasteiger partial charge in [-0.25, -0.2) is 0 Å². The number of alkyl halides is 1. The Labute approximate surface area is 114 Å². The van der Waals surface area contributed by atoms with Crippen LogP contribution in [0.25, 0.3) is 0 Å². The molecular formula is C11H16INO2S. The minimum absolute atomic E-state index is 0.00257. The quantitative estimate of drug-likeness (QED) is 0.465. The molecule has 1 rings (SSSR count). The maximum Gasteiger partial charge on any atom is 0.261 e. The standard InChI is InChI=1S/C11H16INO2S/c1-15-9-7-10(16-8-9)11(14)13-6-4-2-3-5-12/h7-8H,2-6H2,1H3,(H,13,14). The Hall–Kier alpha value is -0.300. The van der Waals surface area contributed by atoms with E-state index in [2.05, 4.69) is 27.9 Å². The summed E-state index contributed by atoms with van der Waals surface area (Å²) in [6.45, 7) is 0.760. The number of halogens is 1. The number of hydrogen-bond acceptors (Lipinski definition) is 3. The first-order valence-corrected chi connectivity index (χ1v) is 7.65. The van der Waals surface area contributed by atoms with E-state index >= 15 is 0 Å². The van der Waals surface area contributed by atoms with Crippen molar-refractivity contribution >= 4 is 39.8 Å². The first kappa shape index (κ1) is 13.8. The van der Waals surface area contributed by atoms with Crippen molar-refractivity contribution < 1.29 is 9.53 Å². The smallest absolute Gasteiger partial charge is 0.261 e. The van der Waals surface area contributed by atoms with Crippen LogP contribution in [-0.2, 0) is 0 Å². The van der Waals surface area contributed by atoms with Gasteiger partial charge in [-0.05, 0) is 17.3 Å². The predicted molar refractivity (Wildman–Crippen MR) is 75.9 cm³/mol. The van der Waals surface area contributed by atoms with Gasteiger partial charge in [-0.1, -0.05) is 29.0 Å². The molecule has 0 unspecified atom stereocenters. The molecule has 0 aromatic carbocycles. The van der Waals surface area contributed by atoms with Gasteiger partial charge >= 0.3 is 0 Å². The summed E-state index contributed by atoms with van der Waals surface area (Å²) >= 11 is 3.78. The number of unbranched alkanes of at least 4 members (excludes halogenated alkanes) is 2. The molecule has 0 saturated carbocycles. The highest BCUT2D eigenvalue weighted by molar-refractivity contribution is 14.1. The summed E-state index contributed by atoms with van der Waals surface area (Å²) in [5, 5.41) is 4.75. The van der Waals surface area contributed by atoms with E-state index in [-0.39, 0.29) is 5.91 Å². The van der Waals surface area contributed by atoms with E-state index in [1.165, 1.54) is 28.6 Å². The zero-order valence-electron chi connectivity index (χ0n) is 9.29. The van der Waals surface area contributed by atoms with Crippen LogP contribution in [0.15, 0.2) is 11.4 Å². The molecule has 0 aliphatic carbocycles. The molecule has 0 spiro atoms. The summed E-state index contributed by atoms with van der Waals surface area (Å²) < 4.78 is 6.22. The molecule has 1 amide bonds. The Bertz CT molecular complexity index is 328. The molecule has 3 nitrogen and oxygen atoms in total. The Kier molecular flexibility index (Phi) is 6.79. The summed E-state index contributed by atoms with van der Waals surface area (Å²) in [6.07, 6.45) is 3.46. The second kappa shape index (κ2) is 7.89. The lowest BCUT2D eigenvalue weighted by Crippen LogP contribution is -2.23. The van der Waals surface area contributed by atoms with E-state index in [4.69, 9.17) is 4.74 Å². The molecule has 0 saturated heterocycles. The molecule has 1 N–H and O–H groups in total. The van der Waals surface area contributed by atoms with Crippen molar-refractivity contribution in [2.45, 2.75) is 19.3 Å². The Morgan fingerprint density at radius 2 is 2.31 bits per heavy atom. The van der Waals surface area contributed by atoms with Crippen LogP contribution in [0.4, 0.5) is 0 Å². The molecule has 1 aromatic rings. The lowest BCUT2D eigenvalue weighted by molar-refractivity contribution is 0.0957. The minimum atomic E-state index is 0.00257. The number of ether oxygens (including phenoxy) is 1. The molecule has 0 aliphatic rings. The van der Waals surface area contributed by atoms with Gasteiger partial charge in [0, 0.05) is 18.0 Å². The van der Waals surface area contributed by atoms with E-state index < -0.39 is 0 Å². The molecule has 0 fully saturated rings. The Balaban J connectivity index is 2.24. The Morgan fingerprint density at radius 1 is 1.50 bits per heavy atom. The van der Waals surface area contributed by atoms with Crippen LogP contribution in [0, 0.1) is 0 Å². The molecule has 0 aliphatic heterocycles. The zero-order chi connectivity index (χ0) is 11.8. The monoisotopic (exact) mass is 353 g/mol. The molecule has 90 valence electrons. The maximum atomic E-state index is 11.6. The number of thiophene rings is 1. The first-order valence-electron chi connectivity index (χ1n) is 5.24. The van der Waals surface area contributed by atoms with Crippen molar-refractivity contribution in [2.24, 2.45) is 0 Å². The number of amides is 1. The van der Waals surface area contributed by atoms with Crippen molar-refractivity contribution in [2.75, 3.05) is 18.1 Å². The highest BCUT2D eigenvalue weighted by Gasteiger charge is 2.08. The summed E-state index contributed by atoms with van der Waals surface area (Å²) in [7, 11) is 1.60. The fourth-order valence-corrected chi connectivity index (χ4v) is 2.54. The largest absolute Gasteiger partial charge is 0.496 e. The van der Waals surface area contributed by atoms with Crippen LogP contribution < -0.4 is 10.1 Å². The predicted octanol–water partition coefficient (Wildman–Crippen LogP) is 3.09. The fourth-order valence-electron chi connectivity index (χ4n) is 1.23. The van der Waals surface area contributed by atoms with Crippen LogP contribution in [0.5, 0.6) is 5.75 Å². The average Bonchev–Trinajstić information content (AvgIpc) is 2.77. The van der Waals surface area contributed by atoms with Gasteiger partial charge in [0.25, 0.3) is 5.91 Å². The molecule has 5 heteroatoms. The van der Waals surface area contributed by atoms with Crippen molar-refractivity contribution in [1.82, 2.24) is 5.32 Å². The van der Waals surface area contributed by atoms with Crippen molar-refractivity contribution in [3.63, 3.8) is 0 Å². The van der Waals surface area contributed by atoms with Gasteiger partial charge in [0.15, 0.2) is 0 Å². The van der Waals surface area contributed by atoms with E-state index in [0.29, 0.717) is 4.88 Å². The normalized spacial score (nSPS) is 10.1. The van der Waals surface area contributed by atoms with Gasteiger partial charge in [-0.3, -0.25) is 4.79 Å².